The number of phenols is 1. The summed E-state index contributed by atoms with van der Waals surface area (Å²) in [6, 6.07) is 13.1. The van der Waals surface area contributed by atoms with Gasteiger partial charge < -0.3 is 5.11 Å². The maximum atomic E-state index is 11.5. The number of hydrogen-bond donors (Lipinski definition) is 1. The van der Waals surface area contributed by atoms with Gasteiger partial charge in [0.05, 0.1) is 0 Å². The van der Waals surface area contributed by atoms with Crippen LogP contribution in [0, 0.1) is 5.41 Å². The van der Waals surface area contributed by atoms with Crippen molar-refractivity contribution in [2.75, 3.05) is 0 Å². The monoisotopic (exact) mass is 536 g/mol. The van der Waals surface area contributed by atoms with Crippen LogP contribution in [0.25, 0.3) is 6.08 Å². The van der Waals surface area contributed by atoms with Crippen LogP contribution in [0.3, 0.4) is 0 Å². The van der Waals surface area contributed by atoms with E-state index in [0.29, 0.717) is 5.75 Å². The Labute approximate surface area is 207 Å². The van der Waals surface area contributed by atoms with Crippen molar-refractivity contribution >= 4 is 23.1 Å². The molecule has 1 unspecified atom stereocenters. The van der Waals surface area contributed by atoms with Crippen LogP contribution in [-0.2, 0) is 31.7 Å². The van der Waals surface area contributed by atoms with Gasteiger partial charge in [0, 0.05) is 11.5 Å². The minimum absolute atomic E-state index is 0.0200. The van der Waals surface area contributed by atoms with Gasteiger partial charge >= 0.3 is 37.9 Å². The van der Waals surface area contributed by atoms with E-state index in [9.17, 15) is 5.11 Å². The van der Waals surface area contributed by atoms with Gasteiger partial charge in [-0.25, -0.2) is 0 Å². The molecule has 2 aromatic carbocycles. The van der Waals surface area contributed by atoms with Crippen LogP contribution in [0.4, 0.5) is 0 Å². The summed E-state index contributed by atoms with van der Waals surface area (Å²) < 4.78 is 0. The summed E-state index contributed by atoms with van der Waals surface area (Å²) in [5.41, 5.74) is 7.23. The molecule has 31 heavy (non-hydrogen) atoms. The number of hydrogen-bond acceptors (Lipinski definition) is 1. The standard InChI is InChI=1S/C27H36O.2ClH.Zr/c1-25(2,3)18-15-20(24(28)22(16-18)27(7,8)9)23-19-13-11-10-12-17(19)14-21(23)26(4,5)6;;;/h10-16,23,28H,1-9H3;2*1H;/q;;;+2/p-2. The van der Waals surface area contributed by atoms with Crippen LogP contribution in [0.1, 0.15) is 96.0 Å². The molecule has 3 rings (SSSR count). The summed E-state index contributed by atoms with van der Waals surface area (Å²) in [5.74, 6) is 0.553. The first-order valence-electron chi connectivity index (χ1n) is 10.8. The van der Waals surface area contributed by atoms with Gasteiger partial charge in [0.2, 0.25) is 0 Å². The third kappa shape index (κ3) is 6.07. The third-order valence-corrected chi connectivity index (χ3v) is 5.92. The van der Waals surface area contributed by atoms with Gasteiger partial charge in [-0.2, -0.15) is 0 Å². The van der Waals surface area contributed by atoms with E-state index in [1.165, 1.54) is 22.3 Å². The van der Waals surface area contributed by atoms with Gasteiger partial charge in [0.1, 0.15) is 5.75 Å². The fourth-order valence-electron chi connectivity index (χ4n) is 4.19. The van der Waals surface area contributed by atoms with Gasteiger partial charge in [-0.3, -0.25) is 0 Å². The van der Waals surface area contributed by atoms with Crippen LogP contribution in [0.5, 0.6) is 5.75 Å². The summed E-state index contributed by atoms with van der Waals surface area (Å²) in [6.07, 6.45) is 2.33. The molecule has 0 spiro atoms. The summed E-state index contributed by atoms with van der Waals surface area (Å²) in [5, 5.41) is 11.5. The van der Waals surface area contributed by atoms with E-state index >= 15 is 0 Å². The summed E-state index contributed by atoms with van der Waals surface area (Å²) in [7, 11) is 9.87. The molecule has 1 N–H and O–H groups in total. The molecule has 0 heterocycles. The van der Waals surface area contributed by atoms with Crippen molar-refractivity contribution in [1.29, 1.82) is 0 Å². The first-order valence-corrected chi connectivity index (χ1v) is 17.1. The average Bonchev–Trinajstić information content (AvgIpc) is 3.00. The Bertz CT molecular complexity index is 957. The molecule has 0 fully saturated rings. The van der Waals surface area contributed by atoms with Crippen molar-refractivity contribution in [3.63, 3.8) is 0 Å². The topological polar surface area (TPSA) is 20.2 Å². The zero-order chi connectivity index (χ0) is 23.8. The molecule has 0 bridgehead atoms. The molecule has 2 aromatic rings. The van der Waals surface area contributed by atoms with Crippen molar-refractivity contribution in [3.8, 4) is 5.75 Å². The molecule has 0 aliphatic heterocycles. The van der Waals surface area contributed by atoms with Crippen molar-refractivity contribution < 1.29 is 26.0 Å². The average molecular weight is 539 g/mol. The van der Waals surface area contributed by atoms with Crippen LogP contribution < -0.4 is 0 Å². The van der Waals surface area contributed by atoms with Crippen LogP contribution in [-0.4, -0.2) is 5.11 Å². The van der Waals surface area contributed by atoms with Gasteiger partial charge in [-0.15, -0.1) is 0 Å². The fraction of sp³-hybridized carbons (Fsp3) is 0.481. The number of halogens is 2. The second-order valence-corrected chi connectivity index (χ2v) is 15.2. The zero-order valence-electron chi connectivity index (χ0n) is 20.3. The van der Waals surface area contributed by atoms with E-state index < -0.39 is 20.8 Å². The van der Waals surface area contributed by atoms with Crippen LogP contribution >= 0.6 is 17.0 Å². The summed E-state index contributed by atoms with van der Waals surface area (Å²) in [4.78, 5) is 0. The van der Waals surface area contributed by atoms with E-state index in [1.807, 2.05) is 0 Å². The quantitative estimate of drug-likeness (QED) is 0.384. The number of rotatable bonds is 1. The molecule has 168 valence electrons. The maximum absolute atomic E-state index is 11.5. The molecule has 1 atom stereocenters. The van der Waals surface area contributed by atoms with Crippen molar-refractivity contribution in [2.45, 2.75) is 79.1 Å². The van der Waals surface area contributed by atoms with Crippen molar-refractivity contribution in [3.05, 3.63) is 69.8 Å². The SMILES string of the molecule is CC(C)(C)C1=Cc2ccccc2C1c1cc(C(C)(C)C)cc(C(C)(C)C)c1O.[Cl][Zr][Cl]. The molecular formula is C27H36Cl2OZr. The van der Waals surface area contributed by atoms with Crippen molar-refractivity contribution in [1.82, 2.24) is 0 Å². The Morgan fingerprint density at radius 2 is 1.32 bits per heavy atom. The Balaban J connectivity index is 0.00000107. The molecule has 1 aliphatic carbocycles. The molecule has 1 aliphatic rings. The van der Waals surface area contributed by atoms with Gasteiger partial charge in [-0.1, -0.05) is 110 Å². The number of fused-ring (bicyclic) bond motifs is 1. The second kappa shape index (κ2) is 9.74. The predicted octanol–water partition coefficient (Wildman–Crippen LogP) is 8.94. The van der Waals surface area contributed by atoms with Crippen LogP contribution in [0.15, 0.2) is 42.0 Å². The number of aromatic hydroxyl groups is 1. The van der Waals surface area contributed by atoms with Gasteiger partial charge in [-0.05, 0) is 38.5 Å². The molecular weight excluding hydrogens is 502 g/mol. The summed E-state index contributed by atoms with van der Waals surface area (Å²) >= 11 is -0.826. The number of benzene rings is 2. The molecule has 1 nitrogen and oxygen atoms in total. The molecule has 0 amide bonds. The normalized spacial score (nSPS) is 16.2. The Morgan fingerprint density at radius 1 is 0.774 bits per heavy atom. The van der Waals surface area contributed by atoms with E-state index in [1.54, 1.807) is 0 Å². The van der Waals surface area contributed by atoms with Gasteiger partial charge in [0.15, 0.2) is 0 Å². The van der Waals surface area contributed by atoms with E-state index in [-0.39, 0.29) is 22.2 Å². The van der Waals surface area contributed by atoms with E-state index in [4.69, 9.17) is 17.0 Å². The Hall–Kier alpha value is -0.557. The van der Waals surface area contributed by atoms with Gasteiger partial charge in [0.25, 0.3) is 0 Å². The second-order valence-electron chi connectivity index (χ2n) is 11.4. The van der Waals surface area contributed by atoms with E-state index in [0.717, 1.165) is 11.1 Å². The first kappa shape index (κ1) is 26.7. The molecule has 0 radical (unpaired) electrons. The Morgan fingerprint density at radius 3 is 1.81 bits per heavy atom. The summed E-state index contributed by atoms with van der Waals surface area (Å²) in [6.45, 7) is 20.1. The van der Waals surface area contributed by atoms with Crippen molar-refractivity contribution in [2.24, 2.45) is 5.41 Å². The predicted molar refractivity (Wildman–Crippen MR) is 133 cm³/mol. The fourth-order valence-corrected chi connectivity index (χ4v) is 4.19. The number of phenolic OH excluding ortho intramolecular Hbond substituents is 1. The molecule has 4 heteroatoms. The molecule has 0 aromatic heterocycles. The Kier molecular flexibility index (Phi) is 8.39. The van der Waals surface area contributed by atoms with E-state index in [2.05, 4.69) is 105 Å². The minimum atomic E-state index is -0.826. The zero-order valence-corrected chi connectivity index (χ0v) is 24.3. The first-order chi connectivity index (χ1) is 14.1. The molecule has 0 saturated heterocycles. The van der Waals surface area contributed by atoms with Crippen LogP contribution in [0.2, 0.25) is 0 Å². The molecule has 0 saturated carbocycles. The third-order valence-electron chi connectivity index (χ3n) is 5.92. The number of allylic oxidation sites excluding steroid dienone is 1.